The first-order valence-electron chi connectivity index (χ1n) is 22.2. The predicted octanol–water partition coefficient (Wildman–Crippen LogP) is 10.4. The van der Waals surface area contributed by atoms with Gasteiger partial charge in [0.2, 0.25) is 0 Å². The molecule has 4 heteroatoms. The lowest BCUT2D eigenvalue weighted by atomic mass is 9.34. The zero-order valence-electron chi connectivity index (χ0n) is 36.1. The normalized spacial score (nSPS) is 13.9. The molecule has 0 spiro atoms. The van der Waals surface area contributed by atoms with E-state index in [2.05, 4.69) is 239 Å². The second kappa shape index (κ2) is 14.2. The van der Waals surface area contributed by atoms with Crippen LogP contribution in [0.25, 0.3) is 33.4 Å². The highest BCUT2D eigenvalue weighted by molar-refractivity contribution is 7.22. The van der Waals surface area contributed by atoms with Gasteiger partial charge in [0, 0.05) is 16.9 Å². The Hall–Kier alpha value is -7.14. The van der Waals surface area contributed by atoms with E-state index in [0.29, 0.717) is 0 Å². The number of hydrogen-bond donors (Lipinski definition) is 0. The first-order chi connectivity index (χ1) is 30.8. The van der Waals surface area contributed by atoms with Crippen LogP contribution in [0.3, 0.4) is 0 Å². The summed E-state index contributed by atoms with van der Waals surface area (Å²) in [5.41, 5.74) is 17.1. The Bertz CT molecular complexity index is 3210. The second-order valence-electron chi connectivity index (χ2n) is 18.5. The molecule has 0 fully saturated rings. The van der Waals surface area contributed by atoms with Crippen LogP contribution in [-0.2, 0) is 5.41 Å². The molecule has 300 valence electrons. The van der Waals surface area contributed by atoms with E-state index in [0.717, 1.165) is 28.3 Å². The van der Waals surface area contributed by atoms with E-state index >= 15 is 0 Å². The highest BCUT2D eigenvalue weighted by Gasteiger charge is 2.51. The first-order valence-corrected chi connectivity index (χ1v) is 24.2. The molecule has 0 amide bonds. The fourth-order valence-corrected chi connectivity index (χ4v) is 16.1. The number of anilines is 3. The van der Waals surface area contributed by atoms with Crippen molar-refractivity contribution in [3.8, 4) is 44.9 Å². The van der Waals surface area contributed by atoms with Crippen molar-refractivity contribution in [2.45, 2.75) is 33.1 Å². The van der Waals surface area contributed by atoms with Gasteiger partial charge in [-0.1, -0.05) is 191 Å². The molecule has 2 nitrogen and oxygen atoms in total. The monoisotopic (exact) mass is 823 g/mol. The maximum absolute atomic E-state index is 7.15. The molecule has 0 unspecified atom stereocenters. The third-order valence-electron chi connectivity index (χ3n) is 13.8. The van der Waals surface area contributed by atoms with Gasteiger partial charge in [-0.05, 0) is 125 Å². The Balaban J connectivity index is 1.21. The minimum atomic E-state index is -2.81. The van der Waals surface area contributed by atoms with Crippen molar-refractivity contribution >= 4 is 69.0 Å². The van der Waals surface area contributed by atoms with Crippen molar-refractivity contribution < 1.29 is 4.74 Å². The highest BCUT2D eigenvalue weighted by Crippen LogP contribution is 2.47. The van der Waals surface area contributed by atoms with Crippen LogP contribution in [0, 0.1) is 6.92 Å². The van der Waals surface area contributed by atoms with Gasteiger partial charge in [-0.25, -0.2) is 0 Å². The third kappa shape index (κ3) is 5.71. The van der Waals surface area contributed by atoms with Crippen molar-refractivity contribution in [3.63, 3.8) is 0 Å². The van der Waals surface area contributed by atoms with Crippen LogP contribution in [0.1, 0.15) is 31.9 Å². The molecule has 0 aliphatic carbocycles. The summed E-state index contributed by atoms with van der Waals surface area (Å²) in [6.45, 7) is 9.07. The molecule has 63 heavy (non-hydrogen) atoms. The maximum atomic E-state index is 7.15. The maximum Gasteiger partial charge on any atom is 0.256 e. The predicted molar refractivity (Wildman–Crippen MR) is 269 cm³/mol. The van der Waals surface area contributed by atoms with Gasteiger partial charge >= 0.3 is 0 Å². The lowest BCUT2D eigenvalue weighted by Crippen LogP contribution is -2.73. The summed E-state index contributed by atoms with van der Waals surface area (Å²) in [4.78, 5) is 2.58. The van der Waals surface area contributed by atoms with E-state index in [9.17, 15) is 0 Å². The zero-order chi connectivity index (χ0) is 42.5. The number of rotatable bonds is 5. The minimum Gasteiger partial charge on any atom is -0.458 e. The van der Waals surface area contributed by atoms with Crippen molar-refractivity contribution in [1.29, 1.82) is 0 Å². The van der Waals surface area contributed by atoms with Gasteiger partial charge in [0.25, 0.3) is 6.71 Å². The molecule has 9 aromatic carbocycles. The Labute approximate surface area is 372 Å². The quantitative estimate of drug-likeness (QED) is 0.160. The standard InChI is InChI=1S/C59H46BNOSi/c1-39-33-53-58-55(34-39)62-54-35-42(40-19-9-5-10-20-40)29-31-49(54)60(58)50-38-57-48(37-52(50)61(53)51-32-30-43(59(2,3)4)36-47(51)41-21-11-6-12-22-41)46-27-17-18-28-56(46)63(57,44-23-13-7-14-24-44)45-25-15-8-16-26-45/h5-38H,1-4H3. The van der Waals surface area contributed by atoms with Gasteiger partial charge in [-0.15, -0.1) is 0 Å². The van der Waals surface area contributed by atoms with Crippen molar-refractivity contribution in [3.05, 3.63) is 217 Å². The van der Waals surface area contributed by atoms with Gasteiger partial charge < -0.3 is 9.64 Å². The molecule has 9 aromatic rings. The van der Waals surface area contributed by atoms with E-state index < -0.39 is 8.07 Å². The zero-order valence-corrected chi connectivity index (χ0v) is 37.1. The molecule has 0 atom stereocenters. The Morgan fingerprint density at radius 2 is 1.08 bits per heavy atom. The summed E-state index contributed by atoms with van der Waals surface area (Å²) in [6.07, 6.45) is 0. The van der Waals surface area contributed by atoms with E-state index in [1.165, 1.54) is 81.9 Å². The summed E-state index contributed by atoms with van der Waals surface area (Å²) in [6, 6.07) is 77.5. The van der Waals surface area contributed by atoms with Gasteiger partial charge in [0.05, 0.1) is 5.69 Å². The summed E-state index contributed by atoms with van der Waals surface area (Å²) in [7, 11) is -2.81. The molecule has 0 bridgehead atoms. The molecule has 0 aromatic heterocycles. The summed E-state index contributed by atoms with van der Waals surface area (Å²) < 4.78 is 7.15. The average molecular weight is 824 g/mol. The Kier molecular flexibility index (Phi) is 8.48. The second-order valence-corrected chi connectivity index (χ2v) is 22.2. The van der Waals surface area contributed by atoms with Crippen LogP contribution in [-0.4, -0.2) is 14.8 Å². The van der Waals surface area contributed by atoms with Gasteiger partial charge in [-0.2, -0.15) is 0 Å². The number of aryl methyl sites for hydroxylation is 1. The molecule has 0 saturated carbocycles. The number of nitrogens with zero attached hydrogens (tertiary/aromatic N) is 1. The Morgan fingerprint density at radius 3 is 1.76 bits per heavy atom. The number of hydrogen-bond acceptors (Lipinski definition) is 2. The summed E-state index contributed by atoms with van der Waals surface area (Å²) in [5, 5.41) is 5.68. The van der Waals surface area contributed by atoms with E-state index in [4.69, 9.17) is 4.74 Å². The van der Waals surface area contributed by atoms with Crippen LogP contribution in [0.4, 0.5) is 17.1 Å². The molecule has 0 N–H and O–H groups in total. The Morgan fingerprint density at radius 1 is 0.444 bits per heavy atom. The molecule has 3 aliphatic heterocycles. The molecular weight excluding hydrogens is 778 g/mol. The SMILES string of the molecule is Cc1cc2c3c(c1)N(c1ccc(C(C)(C)C)cc1-c1ccccc1)c1cc4c(cc1B3c1ccc(-c3ccccc3)cc1O2)[Si](c1ccccc1)(c1ccccc1)c1ccccc1-4. The van der Waals surface area contributed by atoms with E-state index in [1.807, 2.05) is 0 Å². The lowest BCUT2D eigenvalue weighted by molar-refractivity contribution is 0.487. The molecule has 12 rings (SSSR count). The minimum absolute atomic E-state index is 0.0288. The largest absolute Gasteiger partial charge is 0.458 e. The molecule has 0 saturated heterocycles. The van der Waals surface area contributed by atoms with E-state index in [-0.39, 0.29) is 12.1 Å². The van der Waals surface area contributed by atoms with Crippen LogP contribution >= 0.6 is 0 Å². The van der Waals surface area contributed by atoms with Crippen molar-refractivity contribution in [1.82, 2.24) is 0 Å². The van der Waals surface area contributed by atoms with Crippen molar-refractivity contribution in [2.24, 2.45) is 0 Å². The van der Waals surface area contributed by atoms with E-state index in [1.54, 1.807) is 0 Å². The highest BCUT2D eigenvalue weighted by atomic mass is 28.3. The first kappa shape index (κ1) is 37.6. The van der Waals surface area contributed by atoms with Crippen LogP contribution < -0.4 is 46.8 Å². The molecular formula is C59H46BNOSi. The van der Waals surface area contributed by atoms with Crippen molar-refractivity contribution in [2.75, 3.05) is 4.90 Å². The molecule has 3 heterocycles. The van der Waals surface area contributed by atoms with Crippen LogP contribution in [0.5, 0.6) is 11.5 Å². The third-order valence-corrected chi connectivity index (χ3v) is 18.7. The lowest BCUT2D eigenvalue weighted by Gasteiger charge is -2.42. The summed E-state index contributed by atoms with van der Waals surface area (Å²) in [5.74, 6) is 1.84. The number of fused-ring (bicyclic) bond motifs is 7. The topological polar surface area (TPSA) is 12.5 Å². The summed E-state index contributed by atoms with van der Waals surface area (Å²) >= 11 is 0. The fourth-order valence-electron chi connectivity index (χ4n) is 10.9. The number of benzene rings is 9. The average Bonchev–Trinajstić information content (AvgIpc) is 3.61. The number of ether oxygens (including phenoxy) is 1. The fraction of sp³-hybridized carbons (Fsp3) is 0.0847. The van der Waals surface area contributed by atoms with Gasteiger partial charge in [-0.3, -0.25) is 0 Å². The van der Waals surface area contributed by atoms with Gasteiger partial charge in [0.15, 0.2) is 8.07 Å². The van der Waals surface area contributed by atoms with Gasteiger partial charge in [0.1, 0.15) is 11.5 Å². The molecule has 0 radical (unpaired) electrons. The smallest absolute Gasteiger partial charge is 0.256 e. The molecule has 3 aliphatic rings. The van der Waals surface area contributed by atoms with Crippen LogP contribution in [0.2, 0.25) is 0 Å². The van der Waals surface area contributed by atoms with Crippen LogP contribution in [0.15, 0.2) is 206 Å².